The van der Waals surface area contributed by atoms with Crippen LogP contribution in [0.2, 0.25) is 0 Å². The van der Waals surface area contributed by atoms with E-state index in [4.69, 9.17) is 5.73 Å². The van der Waals surface area contributed by atoms with Crippen LogP contribution in [-0.2, 0) is 0 Å². The quantitative estimate of drug-likeness (QED) is 0.878. The molecular weight excluding hydrogens is 222 g/mol. The second kappa shape index (κ2) is 5.10. The predicted octanol–water partition coefficient (Wildman–Crippen LogP) is 2.31. The molecule has 1 heterocycles. The van der Waals surface area contributed by atoms with E-state index in [1.54, 1.807) is 6.07 Å². The van der Waals surface area contributed by atoms with E-state index in [0.29, 0.717) is 12.5 Å². The first-order valence-electron chi connectivity index (χ1n) is 6.01. The van der Waals surface area contributed by atoms with E-state index in [2.05, 4.69) is 11.8 Å². The van der Waals surface area contributed by atoms with E-state index < -0.39 is 11.6 Å². The summed E-state index contributed by atoms with van der Waals surface area (Å²) < 4.78 is 26.1. The van der Waals surface area contributed by atoms with E-state index in [1.807, 2.05) is 0 Å². The highest BCUT2D eigenvalue weighted by atomic mass is 19.2. The Hall–Kier alpha value is -1.00. The van der Waals surface area contributed by atoms with Crippen LogP contribution in [0.1, 0.15) is 24.9 Å². The maximum absolute atomic E-state index is 13.2. The summed E-state index contributed by atoms with van der Waals surface area (Å²) in [5.41, 5.74) is 6.52. The van der Waals surface area contributed by atoms with Gasteiger partial charge in [-0.1, -0.05) is 13.0 Å². The average molecular weight is 240 g/mol. The van der Waals surface area contributed by atoms with Gasteiger partial charge in [0.2, 0.25) is 0 Å². The van der Waals surface area contributed by atoms with Crippen molar-refractivity contribution in [3.8, 4) is 0 Å². The number of likely N-dealkylation sites (tertiary alicyclic amines) is 1. The molecule has 1 aliphatic heterocycles. The van der Waals surface area contributed by atoms with Crippen LogP contribution in [0.5, 0.6) is 0 Å². The zero-order valence-corrected chi connectivity index (χ0v) is 10.00. The summed E-state index contributed by atoms with van der Waals surface area (Å²) in [7, 11) is 0. The number of hydrogen-bond acceptors (Lipinski definition) is 2. The molecule has 94 valence electrons. The highest BCUT2D eigenvalue weighted by Gasteiger charge is 2.26. The monoisotopic (exact) mass is 240 g/mol. The maximum atomic E-state index is 13.2. The first kappa shape index (κ1) is 12.5. The van der Waals surface area contributed by atoms with E-state index in [-0.39, 0.29) is 6.04 Å². The summed E-state index contributed by atoms with van der Waals surface area (Å²) in [6, 6.07) is 4.05. The molecule has 1 aromatic rings. The van der Waals surface area contributed by atoms with Gasteiger partial charge in [-0.05, 0) is 36.6 Å². The first-order valence-corrected chi connectivity index (χ1v) is 6.01. The van der Waals surface area contributed by atoms with E-state index in [9.17, 15) is 8.78 Å². The Balaban J connectivity index is 2.20. The molecule has 1 fully saturated rings. The predicted molar refractivity (Wildman–Crippen MR) is 63.5 cm³/mol. The van der Waals surface area contributed by atoms with Crippen molar-refractivity contribution in [2.45, 2.75) is 19.4 Å². The lowest BCUT2D eigenvalue weighted by molar-refractivity contribution is 0.243. The average Bonchev–Trinajstić information content (AvgIpc) is 2.71. The van der Waals surface area contributed by atoms with Gasteiger partial charge < -0.3 is 5.73 Å². The van der Waals surface area contributed by atoms with Crippen molar-refractivity contribution in [1.29, 1.82) is 0 Å². The molecule has 2 N–H and O–H groups in total. The van der Waals surface area contributed by atoms with Crippen LogP contribution >= 0.6 is 0 Å². The molecule has 1 saturated heterocycles. The Bertz CT molecular complexity index is 395. The molecule has 2 rings (SSSR count). The Morgan fingerprint density at radius 2 is 2.18 bits per heavy atom. The minimum atomic E-state index is -0.806. The standard InChI is InChI=1S/C13H18F2N2/c1-9-4-5-17(8-9)13(7-16)10-2-3-11(14)12(15)6-10/h2-3,6,9,13H,4-5,7-8,16H2,1H3. The van der Waals surface area contributed by atoms with Crippen molar-refractivity contribution in [2.75, 3.05) is 19.6 Å². The minimum Gasteiger partial charge on any atom is -0.329 e. The summed E-state index contributed by atoms with van der Waals surface area (Å²) in [5.74, 6) is -0.957. The Kier molecular flexibility index (Phi) is 3.74. The minimum absolute atomic E-state index is 0.00458. The molecule has 0 aromatic heterocycles. The van der Waals surface area contributed by atoms with Crippen molar-refractivity contribution >= 4 is 0 Å². The van der Waals surface area contributed by atoms with Crippen molar-refractivity contribution in [3.63, 3.8) is 0 Å². The SMILES string of the molecule is CC1CCN(C(CN)c2ccc(F)c(F)c2)C1. The highest BCUT2D eigenvalue weighted by molar-refractivity contribution is 5.22. The Morgan fingerprint density at radius 3 is 2.71 bits per heavy atom. The summed E-state index contributed by atoms with van der Waals surface area (Å²) in [4.78, 5) is 2.25. The molecule has 1 aromatic carbocycles. The Labute approximate surface area is 100 Å². The summed E-state index contributed by atoms with van der Waals surface area (Å²) in [5, 5.41) is 0. The Morgan fingerprint density at radius 1 is 1.41 bits per heavy atom. The lowest BCUT2D eigenvalue weighted by Gasteiger charge is -2.27. The molecule has 0 bridgehead atoms. The lowest BCUT2D eigenvalue weighted by atomic mass is 10.1. The van der Waals surface area contributed by atoms with Crippen molar-refractivity contribution in [1.82, 2.24) is 4.90 Å². The van der Waals surface area contributed by atoms with E-state index in [0.717, 1.165) is 25.1 Å². The largest absolute Gasteiger partial charge is 0.329 e. The van der Waals surface area contributed by atoms with Crippen LogP contribution in [-0.4, -0.2) is 24.5 Å². The highest BCUT2D eigenvalue weighted by Crippen LogP contribution is 2.27. The normalized spacial score (nSPS) is 22.9. The third-order valence-electron chi connectivity index (χ3n) is 3.45. The van der Waals surface area contributed by atoms with Gasteiger partial charge >= 0.3 is 0 Å². The second-order valence-corrected chi connectivity index (χ2v) is 4.81. The van der Waals surface area contributed by atoms with Gasteiger partial charge in [0, 0.05) is 19.1 Å². The van der Waals surface area contributed by atoms with E-state index in [1.165, 1.54) is 12.1 Å². The second-order valence-electron chi connectivity index (χ2n) is 4.81. The molecule has 0 aliphatic carbocycles. The summed E-state index contributed by atoms with van der Waals surface area (Å²) in [6.07, 6.45) is 1.14. The molecule has 2 atom stereocenters. The van der Waals surface area contributed by atoms with Gasteiger partial charge in [-0.2, -0.15) is 0 Å². The number of nitrogens with two attached hydrogens (primary N) is 1. The van der Waals surface area contributed by atoms with Gasteiger partial charge in [0.05, 0.1) is 0 Å². The molecule has 0 saturated carbocycles. The number of halogens is 2. The maximum Gasteiger partial charge on any atom is 0.159 e. The zero-order chi connectivity index (χ0) is 12.4. The third-order valence-corrected chi connectivity index (χ3v) is 3.45. The molecule has 0 amide bonds. The third kappa shape index (κ3) is 2.64. The van der Waals surface area contributed by atoms with Gasteiger partial charge in [0.15, 0.2) is 11.6 Å². The summed E-state index contributed by atoms with van der Waals surface area (Å²) >= 11 is 0. The van der Waals surface area contributed by atoms with Crippen LogP contribution < -0.4 is 5.73 Å². The van der Waals surface area contributed by atoms with Gasteiger partial charge in [0.25, 0.3) is 0 Å². The van der Waals surface area contributed by atoms with Crippen LogP contribution in [0.4, 0.5) is 8.78 Å². The van der Waals surface area contributed by atoms with Crippen molar-refractivity contribution in [2.24, 2.45) is 11.7 Å². The fourth-order valence-corrected chi connectivity index (χ4v) is 2.47. The fourth-order valence-electron chi connectivity index (χ4n) is 2.47. The number of benzene rings is 1. The smallest absolute Gasteiger partial charge is 0.159 e. The molecule has 2 unspecified atom stereocenters. The first-order chi connectivity index (χ1) is 8.11. The molecular formula is C13H18F2N2. The number of nitrogens with zero attached hydrogens (tertiary/aromatic N) is 1. The fraction of sp³-hybridized carbons (Fsp3) is 0.538. The van der Waals surface area contributed by atoms with Crippen LogP contribution in [0.3, 0.4) is 0 Å². The number of rotatable bonds is 3. The lowest BCUT2D eigenvalue weighted by Crippen LogP contribution is -2.32. The van der Waals surface area contributed by atoms with Gasteiger partial charge in [-0.3, -0.25) is 4.90 Å². The molecule has 2 nitrogen and oxygen atoms in total. The van der Waals surface area contributed by atoms with Crippen LogP contribution in [0.25, 0.3) is 0 Å². The zero-order valence-electron chi connectivity index (χ0n) is 10.00. The van der Waals surface area contributed by atoms with Crippen molar-refractivity contribution < 1.29 is 8.78 Å². The van der Waals surface area contributed by atoms with Gasteiger partial charge in [-0.25, -0.2) is 8.78 Å². The molecule has 4 heteroatoms. The van der Waals surface area contributed by atoms with E-state index >= 15 is 0 Å². The number of hydrogen-bond donors (Lipinski definition) is 1. The molecule has 17 heavy (non-hydrogen) atoms. The molecule has 1 aliphatic rings. The molecule has 0 radical (unpaired) electrons. The molecule has 0 spiro atoms. The van der Waals surface area contributed by atoms with Crippen LogP contribution in [0, 0.1) is 17.6 Å². The topological polar surface area (TPSA) is 29.3 Å². The van der Waals surface area contributed by atoms with Gasteiger partial charge in [0.1, 0.15) is 0 Å². The van der Waals surface area contributed by atoms with Crippen LogP contribution in [0.15, 0.2) is 18.2 Å². The van der Waals surface area contributed by atoms with Gasteiger partial charge in [-0.15, -0.1) is 0 Å². The van der Waals surface area contributed by atoms with Crippen molar-refractivity contribution in [3.05, 3.63) is 35.4 Å². The summed E-state index contributed by atoms with van der Waals surface area (Å²) in [6.45, 7) is 4.57.